The summed E-state index contributed by atoms with van der Waals surface area (Å²) in [5.74, 6) is 0.429. The van der Waals surface area contributed by atoms with Crippen molar-refractivity contribution in [3.8, 4) is 5.75 Å². The van der Waals surface area contributed by atoms with Crippen molar-refractivity contribution in [3.05, 3.63) is 75.8 Å². The van der Waals surface area contributed by atoms with Crippen LogP contribution in [-0.4, -0.2) is 23.3 Å². The summed E-state index contributed by atoms with van der Waals surface area (Å²) in [6.07, 6.45) is 1.73. The number of Topliss-reactive ketones (excluding diaryl/α,β-unsaturated/α-hetero) is 1. The van der Waals surface area contributed by atoms with Gasteiger partial charge in [0.05, 0.1) is 16.9 Å². The van der Waals surface area contributed by atoms with Gasteiger partial charge in [0.25, 0.3) is 0 Å². The molecule has 5 nitrogen and oxygen atoms in total. The second-order valence-electron chi connectivity index (χ2n) is 6.96. The average Bonchev–Trinajstić information content (AvgIpc) is 3.15. The molecule has 0 saturated carbocycles. The minimum absolute atomic E-state index is 0.0565. The largest absolute Gasteiger partial charge is 0.488 e. The fourth-order valence-corrected chi connectivity index (χ4v) is 4.04. The van der Waals surface area contributed by atoms with Gasteiger partial charge < -0.3 is 4.74 Å². The van der Waals surface area contributed by atoms with E-state index in [-0.39, 0.29) is 18.3 Å². The summed E-state index contributed by atoms with van der Waals surface area (Å²) in [4.78, 5) is 31.2. The van der Waals surface area contributed by atoms with Crippen LogP contribution in [0.1, 0.15) is 34.1 Å². The van der Waals surface area contributed by atoms with Crippen molar-refractivity contribution < 1.29 is 14.3 Å². The molecule has 6 heteroatoms. The Bertz CT molecular complexity index is 1150. The van der Waals surface area contributed by atoms with Crippen LogP contribution >= 0.6 is 11.3 Å². The van der Waals surface area contributed by atoms with Crippen LogP contribution in [0, 0.1) is 13.8 Å². The maximum absolute atomic E-state index is 12.7. The minimum Gasteiger partial charge on any atom is -0.488 e. The summed E-state index contributed by atoms with van der Waals surface area (Å²) in [5, 5.41) is 2.41. The molecule has 0 atom stereocenters. The van der Waals surface area contributed by atoms with Crippen LogP contribution in [0.15, 0.2) is 53.4 Å². The number of ketones is 1. The molecule has 1 amide bonds. The van der Waals surface area contributed by atoms with Gasteiger partial charge in [-0.15, -0.1) is 11.3 Å². The minimum atomic E-state index is -0.118. The number of fused-ring (bicyclic) bond motifs is 1. The Hall–Kier alpha value is -3.25. The molecule has 1 aliphatic rings. The third kappa shape index (κ3) is 3.71. The molecule has 146 valence electrons. The Kier molecular flexibility index (Phi) is 5.03. The maximum Gasteiger partial charge on any atom is 0.230 e. The van der Waals surface area contributed by atoms with E-state index in [4.69, 9.17) is 4.74 Å². The number of thiazole rings is 1. The molecule has 0 N–H and O–H groups in total. The van der Waals surface area contributed by atoms with Crippen molar-refractivity contribution in [2.75, 3.05) is 11.5 Å². The number of amides is 1. The average molecular weight is 404 g/mol. The molecular formula is C23H20N2O3S. The van der Waals surface area contributed by atoms with E-state index in [9.17, 15) is 9.59 Å². The fraction of sp³-hybridized carbons (Fsp3) is 0.174. The van der Waals surface area contributed by atoms with Crippen LogP contribution < -0.4 is 9.64 Å². The first-order chi connectivity index (χ1) is 13.9. The first-order valence-electron chi connectivity index (χ1n) is 9.24. The summed E-state index contributed by atoms with van der Waals surface area (Å²) in [6, 6.07) is 13.1. The summed E-state index contributed by atoms with van der Waals surface area (Å²) < 4.78 is 5.69. The zero-order chi connectivity index (χ0) is 20.5. The molecule has 0 spiro atoms. The van der Waals surface area contributed by atoms with Gasteiger partial charge in [0.15, 0.2) is 10.9 Å². The number of nitrogens with zero attached hydrogens (tertiary/aromatic N) is 2. The fourth-order valence-electron chi connectivity index (χ4n) is 3.20. The number of hydrogen-bond acceptors (Lipinski definition) is 5. The predicted molar refractivity (Wildman–Crippen MR) is 115 cm³/mol. The van der Waals surface area contributed by atoms with Crippen LogP contribution in [0.3, 0.4) is 0 Å². The van der Waals surface area contributed by atoms with Gasteiger partial charge in [0.2, 0.25) is 5.91 Å². The van der Waals surface area contributed by atoms with Crippen molar-refractivity contribution in [2.45, 2.75) is 20.8 Å². The lowest BCUT2D eigenvalue weighted by atomic mass is 10.00. The monoisotopic (exact) mass is 404 g/mol. The van der Waals surface area contributed by atoms with Crippen LogP contribution in [0.4, 0.5) is 10.8 Å². The van der Waals surface area contributed by atoms with E-state index >= 15 is 0 Å². The molecule has 2 aromatic carbocycles. The van der Waals surface area contributed by atoms with Crippen molar-refractivity contribution in [1.29, 1.82) is 0 Å². The van der Waals surface area contributed by atoms with Crippen molar-refractivity contribution in [1.82, 2.24) is 4.98 Å². The number of carbonyl (C=O) groups excluding carboxylic acids is 2. The second kappa shape index (κ2) is 7.64. The molecule has 0 bridgehead atoms. The molecule has 0 fully saturated rings. The molecule has 0 aliphatic carbocycles. The molecule has 1 aromatic heterocycles. The van der Waals surface area contributed by atoms with Gasteiger partial charge in [-0.1, -0.05) is 18.2 Å². The van der Waals surface area contributed by atoms with Gasteiger partial charge in [-0.25, -0.2) is 4.98 Å². The van der Waals surface area contributed by atoms with Crippen LogP contribution in [0.25, 0.3) is 6.08 Å². The third-order valence-electron chi connectivity index (χ3n) is 4.89. The van der Waals surface area contributed by atoms with Gasteiger partial charge in [-0.3, -0.25) is 14.5 Å². The Morgan fingerprint density at radius 1 is 1.17 bits per heavy atom. The van der Waals surface area contributed by atoms with Crippen LogP contribution in [0.5, 0.6) is 5.75 Å². The highest BCUT2D eigenvalue weighted by atomic mass is 32.1. The first-order valence-corrected chi connectivity index (χ1v) is 10.1. The number of ether oxygens (including phenoxy) is 1. The highest BCUT2D eigenvalue weighted by Crippen LogP contribution is 2.32. The molecule has 1 aliphatic heterocycles. The number of anilines is 2. The predicted octanol–water partition coefficient (Wildman–Crippen LogP) is 5.10. The van der Waals surface area contributed by atoms with E-state index in [2.05, 4.69) is 4.98 Å². The van der Waals surface area contributed by atoms with Crippen LogP contribution in [0.2, 0.25) is 0 Å². The van der Waals surface area contributed by atoms with Gasteiger partial charge in [-0.2, -0.15) is 0 Å². The summed E-state index contributed by atoms with van der Waals surface area (Å²) >= 11 is 1.36. The highest BCUT2D eigenvalue weighted by molar-refractivity contribution is 7.14. The molecule has 0 unspecified atom stereocenters. The Morgan fingerprint density at radius 2 is 1.97 bits per heavy atom. The molecule has 0 radical (unpaired) electrons. The van der Waals surface area contributed by atoms with Gasteiger partial charge in [-0.05, 0) is 55.3 Å². The number of rotatable bonds is 3. The standard InChI is InChI=1S/C23H20N2O3S/c1-14-8-9-19(10-15(14)2)25(16(3)26)23-24-18(13-29-23)11-17-12-28-21-7-5-4-6-20(21)22(17)27/h4-11,13H,12H2,1-3H3/b17-11+. The lowest BCUT2D eigenvalue weighted by molar-refractivity contribution is -0.115. The van der Waals surface area contributed by atoms with Gasteiger partial charge >= 0.3 is 0 Å². The SMILES string of the molecule is CC(=O)N(c1ccc(C)c(C)c1)c1nc(/C=C2\COc3ccccc3C2=O)cs1. The zero-order valence-corrected chi connectivity index (χ0v) is 17.2. The highest BCUT2D eigenvalue weighted by Gasteiger charge is 2.24. The van der Waals surface area contributed by atoms with Crippen molar-refractivity contribution >= 4 is 39.9 Å². The summed E-state index contributed by atoms with van der Waals surface area (Å²) in [5.41, 5.74) is 4.78. The van der Waals surface area contributed by atoms with Crippen molar-refractivity contribution in [3.63, 3.8) is 0 Å². The maximum atomic E-state index is 12.7. The zero-order valence-electron chi connectivity index (χ0n) is 16.4. The number of aromatic nitrogens is 1. The smallest absolute Gasteiger partial charge is 0.230 e. The number of carbonyl (C=O) groups is 2. The first kappa shape index (κ1) is 19.1. The van der Waals surface area contributed by atoms with E-state index in [1.54, 1.807) is 23.1 Å². The van der Waals surface area contributed by atoms with E-state index in [0.717, 1.165) is 16.8 Å². The Labute approximate surface area is 173 Å². The molecule has 4 rings (SSSR count). The second-order valence-corrected chi connectivity index (χ2v) is 7.80. The number of benzene rings is 2. The third-order valence-corrected chi connectivity index (χ3v) is 5.74. The Morgan fingerprint density at radius 3 is 2.72 bits per heavy atom. The quantitative estimate of drug-likeness (QED) is 0.570. The van der Waals surface area contributed by atoms with E-state index < -0.39 is 0 Å². The lowest BCUT2D eigenvalue weighted by Gasteiger charge is -2.19. The van der Waals surface area contributed by atoms with E-state index in [1.165, 1.54) is 18.3 Å². The van der Waals surface area contributed by atoms with Gasteiger partial charge in [0.1, 0.15) is 12.4 Å². The normalized spacial score (nSPS) is 14.4. The molecule has 29 heavy (non-hydrogen) atoms. The van der Waals surface area contributed by atoms with E-state index in [1.807, 2.05) is 49.6 Å². The number of para-hydroxylation sites is 1. The lowest BCUT2D eigenvalue weighted by Crippen LogP contribution is -2.22. The molecular weight excluding hydrogens is 384 g/mol. The van der Waals surface area contributed by atoms with E-state index in [0.29, 0.717) is 27.7 Å². The number of aryl methyl sites for hydroxylation is 2. The Balaban J connectivity index is 1.65. The van der Waals surface area contributed by atoms with Crippen LogP contribution in [-0.2, 0) is 4.79 Å². The molecule has 0 saturated heterocycles. The number of hydrogen-bond donors (Lipinski definition) is 0. The summed E-state index contributed by atoms with van der Waals surface area (Å²) in [7, 11) is 0. The van der Waals surface area contributed by atoms with Crippen molar-refractivity contribution in [2.24, 2.45) is 0 Å². The van der Waals surface area contributed by atoms with Gasteiger partial charge in [0, 0.05) is 17.9 Å². The summed E-state index contributed by atoms with van der Waals surface area (Å²) in [6.45, 7) is 5.77. The molecule has 3 aromatic rings. The topological polar surface area (TPSA) is 59.5 Å². The molecule has 2 heterocycles.